The molecule has 0 aliphatic carbocycles. The second-order valence-electron chi connectivity index (χ2n) is 5.29. The van der Waals surface area contributed by atoms with E-state index in [0.717, 1.165) is 0 Å². The van der Waals surface area contributed by atoms with Crippen molar-refractivity contribution in [3.63, 3.8) is 0 Å². The van der Waals surface area contributed by atoms with Crippen LogP contribution in [-0.4, -0.2) is 34.3 Å². The highest BCUT2D eigenvalue weighted by atomic mass is 16.5. The van der Waals surface area contributed by atoms with Crippen molar-refractivity contribution in [1.29, 1.82) is 0 Å². The van der Waals surface area contributed by atoms with E-state index >= 15 is 0 Å². The number of carbonyl (C=O) groups excluding carboxylic acids is 1. The van der Waals surface area contributed by atoms with E-state index in [-0.39, 0.29) is 29.5 Å². The van der Waals surface area contributed by atoms with Gasteiger partial charge in [-0.2, -0.15) is 0 Å². The molecule has 0 aliphatic rings. The summed E-state index contributed by atoms with van der Waals surface area (Å²) in [7, 11) is 1.84. The third-order valence-corrected chi connectivity index (χ3v) is 3.56. The molecule has 18 heavy (non-hydrogen) atoms. The third kappa shape index (κ3) is 2.88. The summed E-state index contributed by atoms with van der Waals surface area (Å²) in [4.78, 5) is 12.0. The van der Waals surface area contributed by atoms with Crippen molar-refractivity contribution < 1.29 is 14.4 Å². The number of rotatable bonds is 5. The zero-order chi connectivity index (χ0) is 14.0. The normalized spacial score (nSPS) is 12.6. The van der Waals surface area contributed by atoms with E-state index in [1.807, 2.05) is 34.7 Å². The van der Waals surface area contributed by atoms with Gasteiger partial charge in [-0.1, -0.05) is 5.16 Å². The zero-order valence-corrected chi connectivity index (χ0v) is 11.5. The first-order valence-corrected chi connectivity index (χ1v) is 5.81. The Bertz CT molecular complexity index is 424. The van der Waals surface area contributed by atoms with Gasteiger partial charge in [0, 0.05) is 11.6 Å². The van der Waals surface area contributed by atoms with Crippen LogP contribution in [0, 0.1) is 0 Å². The number of aliphatic hydroxyl groups is 1. The molecule has 0 saturated heterocycles. The zero-order valence-electron chi connectivity index (χ0n) is 11.5. The summed E-state index contributed by atoms with van der Waals surface area (Å²) in [6.45, 7) is 7.57. The van der Waals surface area contributed by atoms with Crippen molar-refractivity contribution in [3.05, 3.63) is 17.5 Å². The summed E-state index contributed by atoms with van der Waals surface area (Å²) < 4.78 is 4.78. The second-order valence-corrected chi connectivity index (χ2v) is 5.29. The molecule has 0 atom stereocenters. The molecular weight excluding hydrogens is 234 g/mol. The molecule has 0 bridgehead atoms. The minimum absolute atomic E-state index is 0.166. The number of aliphatic hydroxyl groups excluding tert-OH is 1. The van der Waals surface area contributed by atoms with Gasteiger partial charge in [0.25, 0.3) is 5.91 Å². The van der Waals surface area contributed by atoms with Crippen molar-refractivity contribution in [2.75, 3.05) is 7.05 Å². The molecule has 0 saturated carbocycles. The van der Waals surface area contributed by atoms with Crippen LogP contribution in [0.1, 0.15) is 43.9 Å². The number of hydrogen-bond acceptors (Lipinski definition) is 5. The van der Waals surface area contributed by atoms with E-state index in [4.69, 9.17) is 9.63 Å². The maximum atomic E-state index is 12.0. The molecule has 3 N–H and O–H groups in total. The highest BCUT2D eigenvalue weighted by Gasteiger charge is 2.37. The fourth-order valence-electron chi connectivity index (χ4n) is 1.31. The average molecular weight is 255 g/mol. The Labute approximate surface area is 107 Å². The highest BCUT2D eigenvalue weighted by Crippen LogP contribution is 2.21. The molecule has 0 aromatic carbocycles. The molecule has 0 fully saturated rings. The first-order valence-electron chi connectivity index (χ1n) is 5.81. The Morgan fingerprint density at radius 3 is 2.44 bits per heavy atom. The van der Waals surface area contributed by atoms with Crippen molar-refractivity contribution >= 4 is 5.91 Å². The van der Waals surface area contributed by atoms with Crippen LogP contribution < -0.4 is 10.6 Å². The van der Waals surface area contributed by atoms with E-state index < -0.39 is 5.54 Å². The number of aromatic nitrogens is 1. The van der Waals surface area contributed by atoms with Gasteiger partial charge in [-0.25, -0.2) is 0 Å². The standard InChI is InChI=1S/C12H21N3O3/c1-11(2,13-5)12(3,4)14-10(17)9-6-8(7-16)18-15-9/h6,13,16H,7H2,1-5H3,(H,14,17). The number of likely N-dealkylation sites (N-methyl/N-ethyl adjacent to an activating group) is 1. The van der Waals surface area contributed by atoms with Gasteiger partial charge in [-0.15, -0.1) is 0 Å². The predicted molar refractivity (Wildman–Crippen MR) is 67.1 cm³/mol. The van der Waals surface area contributed by atoms with Gasteiger partial charge in [0.05, 0.1) is 5.54 Å². The largest absolute Gasteiger partial charge is 0.388 e. The molecule has 0 radical (unpaired) electrons. The van der Waals surface area contributed by atoms with Gasteiger partial charge in [0.1, 0.15) is 6.61 Å². The Morgan fingerprint density at radius 1 is 1.39 bits per heavy atom. The van der Waals surface area contributed by atoms with Gasteiger partial charge in [-0.05, 0) is 34.7 Å². The first kappa shape index (κ1) is 14.7. The molecule has 1 rings (SSSR count). The van der Waals surface area contributed by atoms with Gasteiger partial charge in [0.15, 0.2) is 11.5 Å². The van der Waals surface area contributed by atoms with Crippen LogP contribution in [0.2, 0.25) is 0 Å². The summed E-state index contributed by atoms with van der Waals surface area (Å²) in [6, 6.07) is 1.43. The fourth-order valence-corrected chi connectivity index (χ4v) is 1.31. The number of nitrogens with zero attached hydrogens (tertiary/aromatic N) is 1. The van der Waals surface area contributed by atoms with Gasteiger partial charge in [-0.3, -0.25) is 4.79 Å². The van der Waals surface area contributed by atoms with Crippen molar-refractivity contribution in [3.8, 4) is 0 Å². The molecule has 0 aliphatic heterocycles. The lowest BCUT2D eigenvalue weighted by Crippen LogP contribution is -2.63. The van der Waals surface area contributed by atoms with Crippen molar-refractivity contribution in [2.24, 2.45) is 0 Å². The van der Waals surface area contributed by atoms with Crippen LogP contribution in [-0.2, 0) is 6.61 Å². The summed E-state index contributed by atoms with van der Waals surface area (Å²) in [6.07, 6.45) is 0. The summed E-state index contributed by atoms with van der Waals surface area (Å²) in [5.41, 5.74) is -0.595. The maximum absolute atomic E-state index is 12.0. The summed E-state index contributed by atoms with van der Waals surface area (Å²) in [5.74, 6) is -0.0578. The van der Waals surface area contributed by atoms with Crippen LogP contribution in [0.25, 0.3) is 0 Å². The van der Waals surface area contributed by atoms with Gasteiger partial charge in [0.2, 0.25) is 0 Å². The number of amides is 1. The van der Waals surface area contributed by atoms with Crippen molar-refractivity contribution in [1.82, 2.24) is 15.8 Å². The van der Waals surface area contributed by atoms with Crippen LogP contribution in [0.4, 0.5) is 0 Å². The molecule has 0 unspecified atom stereocenters. The van der Waals surface area contributed by atoms with E-state index in [1.165, 1.54) is 6.07 Å². The molecule has 6 nitrogen and oxygen atoms in total. The Balaban J connectivity index is 2.81. The van der Waals surface area contributed by atoms with E-state index in [9.17, 15) is 4.79 Å². The van der Waals surface area contributed by atoms with Gasteiger partial charge < -0.3 is 20.3 Å². The SMILES string of the molecule is CNC(C)(C)C(C)(C)NC(=O)c1cc(CO)on1. The molecule has 1 aromatic rings. The van der Waals surface area contributed by atoms with Crippen LogP contribution in [0.5, 0.6) is 0 Å². The molecule has 6 heteroatoms. The van der Waals surface area contributed by atoms with Crippen LogP contribution in [0.3, 0.4) is 0 Å². The third-order valence-electron chi connectivity index (χ3n) is 3.56. The minimum Gasteiger partial charge on any atom is -0.388 e. The number of nitrogens with one attached hydrogen (secondary N) is 2. The molecule has 0 spiro atoms. The molecule has 1 heterocycles. The van der Waals surface area contributed by atoms with Crippen molar-refractivity contribution in [2.45, 2.75) is 45.4 Å². The monoisotopic (exact) mass is 255 g/mol. The molecular formula is C12H21N3O3. The van der Waals surface area contributed by atoms with Gasteiger partial charge >= 0.3 is 0 Å². The lowest BCUT2D eigenvalue weighted by molar-refractivity contribution is 0.0848. The lowest BCUT2D eigenvalue weighted by atomic mass is 9.82. The maximum Gasteiger partial charge on any atom is 0.273 e. The lowest BCUT2D eigenvalue weighted by Gasteiger charge is -2.41. The molecule has 1 amide bonds. The average Bonchev–Trinajstić information content (AvgIpc) is 2.76. The topological polar surface area (TPSA) is 87.4 Å². The van der Waals surface area contributed by atoms with Crippen LogP contribution in [0.15, 0.2) is 10.6 Å². The Kier molecular flexibility index (Phi) is 4.13. The van der Waals surface area contributed by atoms with E-state index in [2.05, 4.69) is 15.8 Å². The smallest absolute Gasteiger partial charge is 0.273 e. The Morgan fingerprint density at radius 2 is 2.00 bits per heavy atom. The quantitative estimate of drug-likeness (QED) is 0.720. The summed E-state index contributed by atoms with van der Waals surface area (Å²) in [5, 5.41) is 18.5. The summed E-state index contributed by atoms with van der Waals surface area (Å²) >= 11 is 0. The van der Waals surface area contributed by atoms with E-state index in [1.54, 1.807) is 0 Å². The van der Waals surface area contributed by atoms with Crippen LogP contribution >= 0.6 is 0 Å². The Hall–Kier alpha value is -1.40. The fraction of sp³-hybridized carbons (Fsp3) is 0.667. The molecule has 1 aromatic heterocycles. The highest BCUT2D eigenvalue weighted by molar-refractivity contribution is 5.92. The predicted octanol–water partition coefficient (Wildman–Crippen LogP) is 0.673. The molecule has 102 valence electrons. The second kappa shape index (κ2) is 5.07. The number of carbonyl (C=O) groups is 1. The first-order chi connectivity index (χ1) is 8.23. The minimum atomic E-state index is -0.475. The van der Waals surface area contributed by atoms with E-state index in [0.29, 0.717) is 0 Å². The number of hydrogen-bond donors (Lipinski definition) is 3.